The molecule has 76 valence electrons. The SMILES string of the molecule is CCOC(=O)C[C@H]1CCCC[C@H]1N. The third kappa shape index (κ3) is 3.35. The lowest BCUT2D eigenvalue weighted by Crippen LogP contribution is -2.34. The zero-order chi connectivity index (χ0) is 9.68. The molecule has 0 aromatic carbocycles. The van der Waals surface area contributed by atoms with Gasteiger partial charge in [0.05, 0.1) is 6.61 Å². The molecule has 0 unspecified atom stereocenters. The molecule has 13 heavy (non-hydrogen) atoms. The van der Waals surface area contributed by atoms with Crippen molar-refractivity contribution in [1.82, 2.24) is 0 Å². The highest BCUT2D eigenvalue weighted by atomic mass is 16.5. The van der Waals surface area contributed by atoms with E-state index in [-0.39, 0.29) is 12.0 Å². The summed E-state index contributed by atoms with van der Waals surface area (Å²) in [6, 6.07) is 0.207. The first-order chi connectivity index (χ1) is 6.24. The molecule has 0 aromatic rings. The van der Waals surface area contributed by atoms with E-state index in [1.54, 1.807) is 0 Å². The van der Waals surface area contributed by atoms with Crippen molar-refractivity contribution < 1.29 is 9.53 Å². The van der Waals surface area contributed by atoms with Crippen molar-refractivity contribution in [3.63, 3.8) is 0 Å². The quantitative estimate of drug-likeness (QED) is 0.677. The van der Waals surface area contributed by atoms with Crippen molar-refractivity contribution in [2.75, 3.05) is 6.61 Å². The number of carbonyl (C=O) groups is 1. The molecule has 1 aliphatic carbocycles. The van der Waals surface area contributed by atoms with Gasteiger partial charge < -0.3 is 10.5 Å². The molecule has 0 radical (unpaired) electrons. The number of carbonyl (C=O) groups excluding carboxylic acids is 1. The highest BCUT2D eigenvalue weighted by molar-refractivity contribution is 5.69. The summed E-state index contributed by atoms with van der Waals surface area (Å²) in [6.07, 6.45) is 5.07. The summed E-state index contributed by atoms with van der Waals surface area (Å²) in [4.78, 5) is 11.2. The van der Waals surface area contributed by atoms with Crippen molar-refractivity contribution in [3.05, 3.63) is 0 Å². The zero-order valence-corrected chi connectivity index (χ0v) is 8.29. The average Bonchev–Trinajstić information content (AvgIpc) is 2.09. The fourth-order valence-electron chi connectivity index (χ4n) is 1.92. The molecule has 0 amide bonds. The van der Waals surface area contributed by atoms with E-state index in [9.17, 15) is 4.79 Å². The Bertz CT molecular complexity index is 170. The van der Waals surface area contributed by atoms with Crippen LogP contribution in [0.2, 0.25) is 0 Å². The molecule has 0 heterocycles. The molecule has 3 heteroatoms. The lowest BCUT2D eigenvalue weighted by molar-refractivity contribution is -0.144. The Balaban J connectivity index is 2.29. The predicted molar refractivity (Wildman–Crippen MR) is 51.2 cm³/mol. The summed E-state index contributed by atoms with van der Waals surface area (Å²) in [6.45, 7) is 2.31. The molecule has 0 saturated heterocycles. The molecular formula is C10H19NO2. The van der Waals surface area contributed by atoms with Crippen LogP contribution < -0.4 is 5.73 Å². The summed E-state index contributed by atoms with van der Waals surface area (Å²) in [5, 5.41) is 0. The first-order valence-corrected chi connectivity index (χ1v) is 5.15. The minimum atomic E-state index is -0.0927. The normalized spacial score (nSPS) is 28.5. The first-order valence-electron chi connectivity index (χ1n) is 5.15. The Morgan fingerprint density at radius 1 is 1.46 bits per heavy atom. The highest BCUT2D eigenvalue weighted by Gasteiger charge is 2.24. The van der Waals surface area contributed by atoms with E-state index in [1.165, 1.54) is 12.8 Å². The summed E-state index contributed by atoms with van der Waals surface area (Å²) >= 11 is 0. The largest absolute Gasteiger partial charge is 0.466 e. The topological polar surface area (TPSA) is 52.3 Å². The monoisotopic (exact) mass is 185 g/mol. The van der Waals surface area contributed by atoms with Crippen LogP contribution in [-0.4, -0.2) is 18.6 Å². The van der Waals surface area contributed by atoms with Gasteiger partial charge in [0.15, 0.2) is 0 Å². The number of hydrogen-bond acceptors (Lipinski definition) is 3. The van der Waals surface area contributed by atoms with Gasteiger partial charge in [0, 0.05) is 12.5 Å². The molecule has 1 saturated carbocycles. The fourth-order valence-corrected chi connectivity index (χ4v) is 1.92. The number of esters is 1. The van der Waals surface area contributed by atoms with Crippen LogP contribution >= 0.6 is 0 Å². The van der Waals surface area contributed by atoms with Crippen molar-refractivity contribution in [2.45, 2.75) is 45.1 Å². The maximum atomic E-state index is 11.2. The number of hydrogen-bond donors (Lipinski definition) is 1. The molecule has 0 aliphatic heterocycles. The van der Waals surface area contributed by atoms with Gasteiger partial charge in [-0.2, -0.15) is 0 Å². The molecule has 0 spiro atoms. The van der Waals surface area contributed by atoms with E-state index in [1.807, 2.05) is 6.92 Å². The molecule has 1 rings (SSSR count). The molecule has 1 fully saturated rings. The average molecular weight is 185 g/mol. The van der Waals surface area contributed by atoms with Gasteiger partial charge in [-0.3, -0.25) is 4.79 Å². The van der Waals surface area contributed by atoms with Crippen LogP contribution in [0, 0.1) is 5.92 Å². The van der Waals surface area contributed by atoms with E-state index in [4.69, 9.17) is 10.5 Å². The van der Waals surface area contributed by atoms with Crippen LogP contribution in [-0.2, 0) is 9.53 Å². The molecule has 2 atom stereocenters. The van der Waals surface area contributed by atoms with Gasteiger partial charge in [-0.05, 0) is 25.7 Å². The molecule has 0 bridgehead atoms. The first kappa shape index (κ1) is 10.5. The van der Waals surface area contributed by atoms with Crippen molar-refractivity contribution in [2.24, 2.45) is 11.7 Å². The van der Waals surface area contributed by atoms with E-state index < -0.39 is 0 Å². The van der Waals surface area contributed by atoms with Crippen LogP contribution in [0.1, 0.15) is 39.0 Å². The standard InChI is InChI=1S/C10H19NO2/c1-2-13-10(12)7-8-5-3-4-6-9(8)11/h8-9H,2-7,11H2,1H3/t8-,9-/m1/s1. The summed E-state index contributed by atoms with van der Waals surface area (Å²) in [7, 11) is 0. The van der Waals surface area contributed by atoms with Crippen molar-refractivity contribution >= 4 is 5.97 Å². The van der Waals surface area contributed by atoms with E-state index in [2.05, 4.69) is 0 Å². The smallest absolute Gasteiger partial charge is 0.306 e. The van der Waals surface area contributed by atoms with Gasteiger partial charge in [-0.25, -0.2) is 0 Å². The Kier molecular flexibility index (Phi) is 4.22. The Labute approximate surface area is 79.6 Å². The second kappa shape index (κ2) is 5.22. The van der Waals surface area contributed by atoms with Crippen LogP contribution in [0.5, 0.6) is 0 Å². The lowest BCUT2D eigenvalue weighted by Gasteiger charge is -2.27. The van der Waals surface area contributed by atoms with Gasteiger partial charge in [-0.1, -0.05) is 12.8 Å². The number of nitrogens with two attached hydrogens (primary N) is 1. The van der Waals surface area contributed by atoms with Crippen LogP contribution in [0.3, 0.4) is 0 Å². The Hall–Kier alpha value is -0.570. The maximum absolute atomic E-state index is 11.2. The lowest BCUT2D eigenvalue weighted by atomic mass is 9.83. The molecular weight excluding hydrogens is 166 g/mol. The third-order valence-electron chi connectivity index (χ3n) is 2.70. The van der Waals surface area contributed by atoms with Gasteiger partial charge >= 0.3 is 5.97 Å². The Morgan fingerprint density at radius 2 is 2.15 bits per heavy atom. The van der Waals surface area contributed by atoms with Crippen molar-refractivity contribution in [3.8, 4) is 0 Å². The maximum Gasteiger partial charge on any atom is 0.306 e. The van der Waals surface area contributed by atoms with E-state index >= 15 is 0 Å². The van der Waals surface area contributed by atoms with Gasteiger partial charge in [0.2, 0.25) is 0 Å². The highest BCUT2D eigenvalue weighted by Crippen LogP contribution is 2.25. The summed E-state index contributed by atoms with van der Waals surface area (Å²) in [5.74, 6) is 0.262. The minimum Gasteiger partial charge on any atom is -0.466 e. The number of rotatable bonds is 3. The second-order valence-electron chi connectivity index (χ2n) is 3.72. The summed E-state index contributed by atoms with van der Waals surface area (Å²) in [5.41, 5.74) is 5.92. The van der Waals surface area contributed by atoms with Crippen molar-refractivity contribution in [1.29, 1.82) is 0 Å². The molecule has 2 N–H and O–H groups in total. The van der Waals surface area contributed by atoms with Gasteiger partial charge in [0.1, 0.15) is 0 Å². The molecule has 3 nitrogen and oxygen atoms in total. The van der Waals surface area contributed by atoms with Crippen LogP contribution in [0.4, 0.5) is 0 Å². The number of ether oxygens (including phenoxy) is 1. The third-order valence-corrected chi connectivity index (χ3v) is 2.70. The second-order valence-corrected chi connectivity index (χ2v) is 3.72. The van der Waals surface area contributed by atoms with Gasteiger partial charge in [0.25, 0.3) is 0 Å². The fraction of sp³-hybridized carbons (Fsp3) is 0.900. The predicted octanol–water partition coefficient (Wildman–Crippen LogP) is 1.46. The van der Waals surface area contributed by atoms with E-state index in [0.29, 0.717) is 18.9 Å². The minimum absolute atomic E-state index is 0.0927. The van der Waals surface area contributed by atoms with Crippen LogP contribution in [0.15, 0.2) is 0 Å². The molecule has 0 aromatic heterocycles. The van der Waals surface area contributed by atoms with Crippen LogP contribution in [0.25, 0.3) is 0 Å². The summed E-state index contributed by atoms with van der Waals surface area (Å²) < 4.78 is 4.90. The molecule has 1 aliphatic rings. The zero-order valence-electron chi connectivity index (χ0n) is 8.29. The van der Waals surface area contributed by atoms with E-state index in [0.717, 1.165) is 12.8 Å². The van der Waals surface area contributed by atoms with Gasteiger partial charge in [-0.15, -0.1) is 0 Å². The Morgan fingerprint density at radius 3 is 2.77 bits per heavy atom.